The van der Waals surface area contributed by atoms with Crippen molar-refractivity contribution < 1.29 is 14.0 Å². The minimum atomic E-state index is -0.221. The number of piperidine rings is 1. The van der Waals surface area contributed by atoms with E-state index >= 15 is 0 Å². The molecule has 0 spiro atoms. The van der Waals surface area contributed by atoms with Crippen LogP contribution in [0.3, 0.4) is 0 Å². The largest absolute Gasteiger partial charge is 0.349 e. The number of rotatable bonds is 3. The Morgan fingerprint density at radius 3 is 2.89 bits per heavy atom. The minimum absolute atomic E-state index is 0.00369. The third-order valence-corrected chi connectivity index (χ3v) is 7.17. The predicted octanol–water partition coefficient (Wildman–Crippen LogP) is 4.09. The first-order valence-electron chi connectivity index (χ1n) is 9.18. The van der Waals surface area contributed by atoms with Crippen LogP contribution in [0.5, 0.6) is 0 Å². The predicted molar refractivity (Wildman–Crippen MR) is 106 cm³/mol. The van der Waals surface area contributed by atoms with Gasteiger partial charge in [-0.1, -0.05) is 18.2 Å². The summed E-state index contributed by atoms with van der Waals surface area (Å²) >= 11 is 2.93. The van der Waals surface area contributed by atoms with Crippen LogP contribution in [0.25, 0.3) is 0 Å². The molecule has 2 aromatic rings. The van der Waals surface area contributed by atoms with Crippen molar-refractivity contribution in [1.29, 1.82) is 0 Å². The first-order valence-corrected chi connectivity index (χ1v) is 11.0. The number of carbonyl (C=O) groups is 2. The van der Waals surface area contributed by atoms with Gasteiger partial charge in [-0.05, 0) is 42.3 Å². The van der Waals surface area contributed by atoms with E-state index in [-0.39, 0.29) is 29.6 Å². The van der Waals surface area contributed by atoms with Gasteiger partial charge >= 0.3 is 0 Å². The molecule has 3 heterocycles. The standard InChI is InChI=1S/C20H21FN2O2S2/c21-15-6-1-5-14-16(8-11-27-18(14)15)22-19(24)13-4-2-9-23(12-13)20(25)17-7-3-10-26-17/h1,3,5-7,10,13,16H,2,4,8-9,11-12H2,(H,22,24). The highest BCUT2D eigenvalue weighted by Crippen LogP contribution is 2.38. The van der Waals surface area contributed by atoms with E-state index in [0.29, 0.717) is 22.9 Å². The number of amides is 2. The van der Waals surface area contributed by atoms with Crippen molar-refractivity contribution in [2.24, 2.45) is 5.92 Å². The number of likely N-dealkylation sites (tertiary alicyclic amines) is 1. The zero-order valence-electron chi connectivity index (χ0n) is 14.8. The van der Waals surface area contributed by atoms with Crippen molar-refractivity contribution in [2.45, 2.75) is 30.2 Å². The van der Waals surface area contributed by atoms with Crippen LogP contribution in [0.2, 0.25) is 0 Å². The maximum absolute atomic E-state index is 14.0. The maximum atomic E-state index is 14.0. The SMILES string of the molecule is O=C(NC1CCSc2c(F)cccc21)C1CCCN(C(=O)c2cccs2)C1. The molecular formula is C20H21FN2O2S2. The second-order valence-electron chi connectivity index (χ2n) is 6.92. The summed E-state index contributed by atoms with van der Waals surface area (Å²) in [6.45, 7) is 1.13. The van der Waals surface area contributed by atoms with Gasteiger partial charge in [0.1, 0.15) is 5.82 Å². The van der Waals surface area contributed by atoms with Gasteiger partial charge in [-0.15, -0.1) is 23.1 Å². The molecule has 4 nitrogen and oxygen atoms in total. The van der Waals surface area contributed by atoms with E-state index in [9.17, 15) is 14.0 Å². The number of hydrogen-bond acceptors (Lipinski definition) is 4. The molecule has 4 rings (SSSR count). The van der Waals surface area contributed by atoms with E-state index in [4.69, 9.17) is 0 Å². The number of carbonyl (C=O) groups excluding carboxylic acids is 2. The lowest BCUT2D eigenvalue weighted by Crippen LogP contribution is -2.46. The topological polar surface area (TPSA) is 49.4 Å². The van der Waals surface area contributed by atoms with Crippen molar-refractivity contribution >= 4 is 34.9 Å². The van der Waals surface area contributed by atoms with Crippen LogP contribution in [0.1, 0.15) is 40.5 Å². The average molecular weight is 405 g/mol. The van der Waals surface area contributed by atoms with Crippen molar-refractivity contribution in [3.63, 3.8) is 0 Å². The van der Waals surface area contributed by atoms with Crippen LogP contribution in [-0.4, -0.2) is 35.6 Å². The minimum Gasteiger partial charge on any atom is -0.349 e. The number of thiophene rings is 1. The Bertz CT molecular complexity index is 841. The summed E-state index contributed by atoms with van der Waals surface area (Å²) in [7, 11) is 0. The highest BCUT2D eigenvalue weighted by atomic mass is 32.2. The van der Waals surface area contributed by atoms with Gasteiger partial charge in [0, 0.05) is 23.7 Å². The summed E-state index contributed by atoms with van der Waals surface area (Å²) < 4.78 is 14.0. The molecule has 1 fully saturated rings. The number of hydrogen-bond donors (Lipinski definition) is 1. The number of halogens is 1. The quantitative estimate of drug-likeness (QED) is 0.838. The molecule has 142 valence electrons. The molecule has 2 aliphatic heterocycles. The Kier molecular flexibility index (Phi) is 5.50. The van der Waals surface area contributed by atoms with E-state index in [1.165, 1.54) is 29.2 Å². The van der Waals surface area contributed by atoms with Crippen molar-refractivity contribution in [2.75, 3.05) is 18.8 Å². The third-order valence-electron chi connectivity index (χ3n) is 5.15. The summed E-state index contributed by atoms with van der Waals surface area (Å²) in [5, 5.41) is 5.00. The first-order chi connectivity index (χ1) is 13.1. The molecule has 0 aliphatic carbocycles. The highest BCUT2D eigenvalue weighted by molar-refractivity contribution is 7.99. The van der Waals surface area contributed by atoms with E-state index < -0.39 is 0 Å². The van der Waals surface area contributed by atoms with Crippen LogP contribution < -0.4 is 5.32 Å². The molecule has 7 heteroatoms. The van der Waals surface area contributed by atoms with Crippen molar-refractivity contribution in [1.82, 2.24) is 10.2 Å². The van der Waals surface area contributed by atoms with Gasteiger partial charge in [-0.2, -0.15) is 0 Å². The van der Waals surface area contributed by atoms with E-state index in [0.717, 1.165) is 30.6 Å². The maximum Gasteiger partial charge on any atom is 0.263 e. The number of thioether (sulfide) groups is 1. The van der Waals surface area contributed by atoms with Gasteiger partial charge in [0.05, 0.1) is 16.8 Å². The van der Waals surface area contributed by atoms with E-state index in [2.05, 4.69) is 5.32 Å². The molecule has 0 radical (unpaired) electrons. The van der Waals surface area contributed by atoms with E-state index in [1.807, 2.05) is 23.6 Å². The number of fused-ring (bicyclic) bond motifs is 1. The molecule has 1 saturated heterocycles. The fourth-order valence-electron chi connectivity index (χ4n) is 3.76. The fourth-order valence-corrected chi connectivity index (χ4v) is 5.59. The van der Waals surface area contributed by atoms with Crippen molar-refractivity contribution in [3.8, 4) is 0 Å². The smallest absolute Gasteiger partial charge is 0.263 e. The molecule has 1 N–H and O–H groups in total. The van der Waals surface area contributed by atoms with Crippen LogP contribution in [0, 0.1) is 11.7 Å². The lowest BCUT2D eigenvalue weighted by Gasteiger charge is -2.33. The third kappa shape index (κ3) is 3.89. The zero-order chi connectivity index (χ0) is 18.8. The summed E-state index contributed by atoms with van der Waals surface area (Å²) in [6, 6.07) is 8.58. The van der Waals surface area contributed by atoms with Crippen LogP contribution in [0.15, 0.2) is 40.6 Å². The summed E-state index contributed by atoms with van der Waals surface area (Å²) in [4.78, 5) is 28.6. The molecule has 0 bridgehead atoms. The summed E-state index contributed by atoms with van der Waals surface area (Å²) in [5.74, 6) is 0.317. The molecule has 2 aliphatic rings. The van der Waals surface area contributed by atoms with Crippen LogP contribution >= 0.6 is 23.1 Å². The van der Waals surface area contributed by atoms with Gasteiger partial charge in [-0.25, -0.2) is 4.39 Å². The Labute approximate surface area is 166 Å². The van der Waals surface area contributed by atoms with Gasteiger partial charge in [0.2, 0.25) is 5.91 Å². The summed E-state index contributed by atoms with van der Waals surface area (Å²) in [5.41, 5.74) is 0.863. The van der Waals surface area contributed by atoms with Gasteiger partial charge in [0.25, 0.3) is 5.91 Å². The number of nitrogens with zero attached hydrogens (tertiary/aromatic N) is 1. The second kappa shape index (κ2) is 8.02. The monoisotopic (exact) mass is 404 g/mol. The molecular weight excluding hydrogens is 383 g/mol. The lowest BCUT2D eigenvalue weighted by molar-refractivity contribution is -0.127. The average Bonchev–Trinajstić information content (AvgIpc) is 3.23. The lowest BCUT2D eigenvalue weighted by atomic mass is 9.95. The normalized spacial score (nSPS) is 22.2. The zero-order valence-corrected chi connectivity index (χ0v) is 16.5. The van der Waals surface area contributed by atoms with Crippen LogP contribution in [-0.2, 0) is 4.79 Å². The first kappa shape index (κ1) is 18.5. The number of nitrogens with one attached hydrogen (secondary N) is 1. The summed E-state index contributed by atoms with van der Waals surface area (Å²) in [6.07, 6.45) is 2.38. The van der Waals surface area contributed by atoms with Crippen molar-refractivity contribution in [3.05, 3.63) is 52.0 Å². The van der Waals surface area contributed by atoms with E-state index in [1.54, 1.807) is 11.0 Å². The molecule has 2 unspecified atom stereocenters. The molecule has 27 heavy (non-hydrogen) atoms. The Balaban J connectivity index is 1.43. The second-order valence-corrected chi connectivity index (χ2v) is 8.98. The fraction of sp³-hybridized carbons (Fsp3) is 0.400. The van der Waals surface area contributed by atoms with Gasteiger partial charge in [-0.3, -0.25) is 9.59 Å². The molecule has 1 aromatic heterocycles. The molecule has 2 atom stereocenters. The van der Waals surface area contributed by atoms with Gasteiger partial charge in [0.15, 0.2) is 0 Å². The Hall–Kier alpha value is -1.86. The Morgan fingerprint density at radius 1 is 1.19 bits per heavy atom. The molecule has 0 saturated carbocycles. The highest BCUT2D eigenvalue weighted by Gasteiger charge is 2.32. The van der Waals surface area contributed by atoms with Gasteiger partial charge < -0.3 is 10.2 Å². The number of benzene rings is 1. The molecule has 1 aromatic carbocycles. The molecule has 2 amide bonds. The Morgan fingerprint density at radius 2 is 2.07 bits per heavy atom. The van der Waals surface area contributed by atoms with Crippen LogP contribution in [0.4, 0.5) is 4.39 Å².